The number of ketones is 2. The lowest BCUT2D eigenvalue weighted by Crippen LogP contribution is -2.63. The molecule has 1 aromatic rings. The van der Waals surface area contributed by atoms with Gasteiger partial charge in [-0.15, -0.1) is 0 Å². The topological polar surface area (TPSA) is 206 Å². The van der Waals surface area contributed by atoms with Crippen LogP contribution in [0.1, 0.15) is 43.1 Å². The number of allylic oxidation sites excluding steroid dienone is 1. The third-order valence-corrected chi connectivity index (χ3v) is 8.23. The minimum absolute atomic E-state index is 0.0175. The SMILES string of the molecule is CN(C)c1cc(NC(=O)CNC(C)(C)C)c(O)c2c1C[C@H]1CC3C(N(C)C)C(O)=C(C(N)=O)C(=O)C3(O)C(O)=C1C2=O. The highest BCUT2D eigenvalue weighted by Gasteiger charge is 2.63. The third kappa shape index (κ3) is 4.80. The second-order valence-corrected chi connectivity index (χ2v) is 12.7. The number of phenolic OH excluding ortho intramolecular Hbond substituents is 1. The standard InChI is InChI=1S/C29H39N5O8/c1-28(2,3)31-11-17(35)32-15-10-16(33(4)5)13-8-12-9-14-21(34(6)7)24(38)20(27(30)41)26(40)29(14,42)25(39)18(12)23(37)19(13)22(15)36/h10,12,14,21,31,36,38-39,42H,8-9,11H2,1-7H3,(H2,30,41)(H,32,35)/t12-,14?,21?,29?/m0/s1. The maximum Gasteiger partial charge on any atom is 0.255 e. The van der Waals surface area contributed by atoms with Crippen molar-refractivity contribution >= 4 is 34.8 Å². The summed E-state index contributed by atoms with van der Waals surface area (Å²) < 4.78 is 0. The van der Waals surface area contributed by atoms with Gasteiger partial charge in [-0.1, -0.05) is 0 Å². The first-order valence-corrected chi connectivity index (χ1v) is 13.6. The Kier molecular flexibility index (Phi) is 7.68. The number of aliphatic hydroxyl groups excluding tert-OH is 2. The average Bonchev–Trinajstić information content (AvgIpc) is 2.85. The molecule has 1 aromatic carbocycles. The summed E-state index contributed by atoms with van der Waals surface area (Å²) in [7, 11) is 6.62. The number of likely N-dealkylation sites (N-methyl/N-ethyl adjacent to an activating group) is 1. The monoisotopic (exact) mass is 585 g/mol. The molecule has 0 heterocycles. The van der Waals surface area contributed by atoms with Gasteiger partial charge in [-0.3, -0.25) is 24.1 Å². The summed E-state index contributed by atoms with van der Waals surface area (Å²) in [6, 6.07) is 0.487. The Morgan fingerprint density at radius 2 is 1.74 bits per heavy atom. The quantitative estimate of drug-likeness (QED) is 0.181. The number of aromatic hydroxyl groups is 1. The molecule has 3 aliphatic rings. The van der Waals surface area contributed by atoms with Gasteiger partial charge in [0.15, 0.2) is 17.1 Å². The van der Waals surface area contributed by atoms with Crippen LogP contribution in [0.4, 0.5) is 11.4 Å². The van der Waals surface area contributed by atoms with Crippen molar-refractivity contribution in [1.82, 2.24) is 10.2 Å². The van der Waals surface area contributed by atoms with E-state index in [1.165, 1.54) is 4.90 Å². The number of hydrogen-bond acceptors (Lipinski definition) is 11. The van der Waals surface area contributed by atoms with Gasteiger partial charge in [0.25, 0.3) is 5.91 Å². The molecule has 13 heteroatoms. The molecule has 8 N–H and O–H groups in total. The molecule has 2 amide bonds. The maximum absolute atomic E-state index is 14.1. The number of amides is 2. The molecule has 13 nitrogen and oxygen atoms in total. The van der Waals surface area contributed by atoms with E-state index in [0.717, 1.165) is 0 Å². The largest absolute Gasteiger partial charge is 0.510 e. The summed E-state index contributed by atoms with van der Waals surface area (Å²) >= 11 is 0. The first-order valence-electron chi connectivity index (χ1n) is 13.6. The fourth-order valence-electron chi connectivity index (χ4n) is 6.33. The van der Waals surface area contributed by atoms with Crippen LogP contribution in [0.5, 0.6) is 5.75 Å². The third-order valence-electron chi connectivity index (χ3n) is 8.23. The van der Waals surface area contributed by atoms with Gasteiger partial charge in [0.2, 0.25) is 11.7 Å². The fraction of sp³-hybridized carbons (Fsp3) is 0.517. The average molecular weight is 586 g/mol. The van der Waals surface area contributed by atoms with Crippen LogP contribution < -0.4 is 21.3 Å². The van der Waals surface area contributed by atoms with Gasteiger partial charge in [-0.05, 0) is 65.3 Å². The van der Waals surface area contributed by atoms with Crippen LogP contribution in [0.15, 0.2) is 28.7 Å². The molecule has 0 radical (unpaired) electrons. The normalized spacial score (nSPS) is 25.7. The zero-order valence-corrected chi connectivity index (χ0v) is 24.8. The smallest absolute Gasteiger partial charge is 0.255 e. The number of benzene rings is 1. The number of nitrogens with zero attached hydrogens (tertiary/aromatic N) is 2. The lowest BCUT2D eigenvalue weighted by Gasteiger charge is -2.50. The van der Waals surface area contributed by atoms with Crippen molar-refractivity contribution in [3.63, 3.8) is 0 Å². The molecule has 0 bridgehead atoms. The molecule has 0 fully saturated rings. The maximum atomic E-state index is 14.1. The van der Waals surface area contributed by atoms with E-state index in [1.807, 2.05) is 20.8 Å². The van der Waals surface area contributed by atoms with E-state index in [0.29, 0.717) is 11.3 Å². The number of hydrogen-bond donors (Lipinski definition) is 7. The van der Waals surface area contributed by atoms with Gasteiger partial charge >= 0.3 is 0 Å². The van der Waals surface area contributed by atoms with Crippen molar-refractivity contribution in [2.45, 2.75) is 50.8 Å². The molecule has 0 aliphatic heterocycles. The minimum atomic E-state index is -2.73. The van der Waals surface area contributed by atoms with Gasteiger partial charge in [-0.2, -0.15) is 0 Å². The number of nitrogens with two attached hydrogens (primary N) is 1. The number of Topliss-reactive ketones (excluding diaryl/α,β-unsaturated/α-hetero) is 2. The second-order valence-electron chi connectivity index (χ2n) is 12.7. The molecule has 4 rings (SSSR count). The van der Waals surface area contributed by atoms with Gasteiger partial charge in [0, 0.05) is 36.8 Å². The van der Waals surface area contributed by atoms with Crippen LogP contribution in [-0.2, 0) is 20.8 Å². The van der Waals surface area contributed by atoms with Crippen molar-refractivity contribution < 1.29 is 39.6 Å². The highest BCUT2D eigenvalue weighted by atomic mass is 16.3. The van der Waals surface area contributed by atoms with E-state index >= 15 is 0 Å². The zero-order valence-electron chi connectivity index (χ0n) is 24.8. The Morgan fingerprint density at radius 3 is 2.26 bits per heavy atom. The lowest BCUT2D eigenvalue weighted by atomic mass is 9.58. The van der Waals surface area contributed by atoms with Crippen LogP contribution >= 0.6 is 0 Å². The second kappa shape index (κ2) is 10.4. The number of aliphatic hydroxyl groups is 3. The Morgan fingerprint density at radius 1 is 1.12 bits per heavy atom. The number of anilines is 2. The molecular formula is C29H39N5O8. The molecule has 228 valence electrons. The van der Waals surface area contributed by atoms with E-state index in [2.05, 4.69) is 10.6 Å². The van der Waals surface area contributed by atoms with Crippen LogP contribution in [-0.4, -0.2) is 101 Å². The number of nitrogens with one attached hydrogen (secondary N) is 2. The molecule has 0 aromatic heterocycles. The molecule has 42 heavy (non-hydrogen) atoms. The molecule has 4 atom stereocenters. The predicted molar refractivity (Wildman–Crippen MR) is 154 cm³/mol. The first kappa shape index (κ1) is 31.0. The number of carbonyl (C=O) groups excluding carboxylic acids is 4. The van der Waals surface area contributed by atoms with Crippen molar-refractivity contribution in [2.75, 3.05) is 45.0 Å². The number of rotatable bonds is 6. The van der Waals surface area contributed by atoms with Crippen molar-refractivity contribution in [3.05, 3.63) is 39.9 Å². The van der Waals surface area contributed by atoms with Crippen molar-refractivity contribution in [2.24, 2.45) is 17.6 Å². The van der Waals surface area contributed by atoms with Gasteiger partial charge < -0.3 is 41.7 Å². The Balaban J connectivity index is 1.87. The van der Waals surface area contributed by atoms with Gasteiger partial charge in [0.1, 0.15) is 17.1 Å². The summed E-state index contributed by atoms with van der Waals surface area (Å²) in [6.45, 7) is 5.60. The Hall–Kier alpha value is -3.94. The molecular weight excluding hydrogens is 546 g/mol. The highest BCUT2D eigenvalue weighted by molar-refractivity contribution is 6.25. The van der Waals surface area contributed by atoms with E-state index < -0.39 is 69.7 Å². The van der Waals surface area contributed by atoms with E-state index in [-0.39, 0.29) is 41.7 Å². The van der Waals surface area contributed by atoms with E-state index in [9.17, 15) is 39.6 Å². The van der Waals surface area contributed by atoms with E-state index in [1.54, 1.807) is 39.2 Å². The number of primary amides is 1. The summed E-state index contributed by atoms with van der Waals surface area (Å²) in [5, 5.41) is 51.1. The van der Waals surface area contributed by atoms with Crippen LogP contribution in [0.2, 0.25) is 0 Å². The zero-order chi connectivity index (χ0) is 31.6. The Bertz CT molecular complexity index is 1450. The Labute approximate surface area is 243 Å². The molecule has 3 aliphatic carbocycles. The summed E-state index contributed by atoms with van der Waals surface area (Å²) in [4.78, 5) is 55.6. The van der Waals surface area contributed by atoms with Gasteiger partial charge in [-0.25, -0.2) is 0 Å². The number of phenols is 1. The van der Waals surface area contributed by atoms with Crippen LogP contribution in [0.25, 0.3) is 0 Å². The predicted octanol–water partition coefficient (Wildman–Crippen LogP) is 0.513. The molecule has 0 saturated heterocycles. The van der Waals surface area contributed by atoms with Crippen LogP contribution in [0.3, 0.4) is 0 Å². The van der Waals surface area contributed by atoms with E-state index in [4.69, 9.17) is 5.73 Å². The van der Waals surface area contributed by atoms with Crippen LogP contribution in [0, 0.1) is 11.8 Å². The number of fused-ring (bicyclic) bond motifs is 3. The summed E-state index contributed by atoms with van der Waals surface area (Å²) in [5.74, 6) is -7.79. The molecule has 3 unspecified atom stereocenters. The first-order chi connectivity index (χ1) is 19.3. The minimum Gasteiger partial charge on any atom is -0.510 e. The fourth-order valence-corrected chi connectivity index (χ4v) is 6.33. The molecule has 0 saturated carbocycles. The van der Waals surface area contributed by atoms with Crippen molar-refractivity contribution in [3.8, 4) is 5.75 Å². The van der Waals surface area contributed by atoms with Gasteiger partial charge in [0.05, 0.1) is 23.8 Å². The highest BCUT2D eigenvalue weighted by Crippen LogP contribution is 2.53. The molecule has 0 spiro atoms. The van der Waals surface area contributed by atoms with Crippen molar-refractivity contribution in [1.29, 1.82) is 0 Å². The number of carbonyl (C=O) groups is 4. The summed E-state index contributed by atoms with van der Waals surface area (Å²) in [6.07, 6.45) is 0.117. The summed E-state index contributed by atoms with van der Waals surface area (Å²) in [5.41, 5.74) is 1.96. The lowest BCUT2D eigenvalue weighted by molar-refractivity contribution is -0.148.